The second kappa shape index (κ2) is 22.8. The number of rotatable bonds is 18. The fraction of sp³-hybridized carbons (Fsp3) is 0.288. The number of benzene rings is 4. The van der Waals surface area contributed by atoms with Gasteiger partial charge in [0.1, 0.15) is 30.1 Å². The second-order valence-corrected chi connectivity index (χ2v) is 18.6. The van der Waals surface area contributed by atoms with Gasteiger partial charge in [-0.2, -0.15) is 0 Å². The van der Waals surface area contributed by atoms with Crippen molar-refractivity contribution in [1.29, 1.82) is 0 Å². The Hall–Kier alpha value is -7.46. The summed E-state index contributed by atoms with van der Waals surface area (Å²) in [5, 5.41) is 10.6. The highest BCUT2D eigenvalue weighted by Crippen LogP contribution is 2.39. The number of alkyl carbamates (subject to hydrolysis) is 3. The van der Waals surface area contributed by atoms with Crippen molar-refractivity contribution >= 4 is 54.2 Å². The van der Waals surface area contributed by atoms with Crippen LogP contribution >= 0.6 is 11.8 Å². The van der Waals surface area contributed by atoms with Gasteiger partial charge in [0.05, 0.1) is 16.3 Å². The number of nitrogens with zero attached hydrogens (tertiary/aromatic N) is 2. The predicted octanol–water partition coefficient (Wildman–Crippen LogP) is 8.07. The molecule has 0 spiro atoms. The Kier molecular flexibility index (Phi) is 16.8. The third-order valence-electron chi connectivity index (χ3n) is 11.3. The molecule has 5 aromatic rings. The maximum atomic E-state index is 13.3. The first-order valence-corrected chi connectivity index (χ1v) is 23.0. The van der Waals surface area contributed by atoms with E-state index in [-0.39, 0.29) is 44.2 Å². The van der Waals surface area contributed by atoms with E-state index in [0.717, 1.165) is 33.4 Å². The van der Waals surface area contributed by atoms with Crippen LogP contribution in [0.2, 0.25) is 0 Å². The summed E-state index contributed by atoms with van der Waals surface area (Å²) in [6.45, 7) is 9.08. The fourth-order valence-electron chi connectivity index (χ4n) is 7.27. The molecular formula is C52H56N6O9S. The molecule has 354 valence electrons. The largest absolute Gasteiger partial charge is 0.448 e. The lowest BCUT2D eigenvalue weighted by Crippen LogP contribution is -2.48. The highest BCUT2D eigenvalue weighted by atomic mass is 32.2. The summed E-state index contributed by atoms with van der Waals surface area (Å²) < 4.78 is 15.9. The summed E-state index contributed by atoms with van der Waals surface area (Å²) in [6.07, 6.45) is 2.72. The minimum absolute atomic E-state index is 0.0481. The molecule has 1 aromatic heterocycles. The highest BCUT2D eigenvalue weighted by molar-refractivity contribution is 8.01. The lowest BCUT2D eigenvalue weighted by atomic mass is 9.95. The van der Waals surface area contributed by atoms with Crippen LogP contribution in [0.3, 0.4) is 0 Å². The third-order valence-corrected chi connectivity index (χ3v) is 12.7. The zero-order chi connectivity index (χ0) is 48.7. The van der Waals surface area contributed by atoms with Gasteiger partial charge in [-0.3, -0.25) is 14.6 Å². The van der Waals surface area contributed by atoms with E-state index in [9.17, 15) is 28.8 Å². The number of hydrogen-bond donors (Lipinski definition) is 4. The van der Waals surface area contributed by atoms with Gasteiger partial charge in [0, 0.05) is 44.0 Å². The van der Waals surface area contributed by atoms with E-state index >= 15 is 0 Å². The molecule has 0 unspecified atom stereocenters. The van der Waals surface area contributed by atoms with Crippen molar-refractivity contribution in [2.75, 3.05) is 38.7 Å². The number of pyridine rings is 1. The summed E-state index contributed by atoms with van der Waals surface area (Å²) in [5.41, 5.74) is 4.68. The molecular weight excluding hydrogens is 885 g/mol. The number of carbonyl (C=O) groups is 6. The predicted molar refractivity (Wildman–Crippen MR) is 261 cm³/mol. The van der Waals surface area contributed by atoms with Gasteiger partial charge in [-0.15, -0.1) is 11.8 Å². The molecule has 0 saturated carbocycles. The average Bonchev–Trinajstić information content (AvgIpc) is 3.69. The monoisotopic (exact) mass is 940 g/mol. The van der Waals surface area contributed by atoms with Crippen molar-refractivity contribution in [3.05, 3.63) is 156 Å². The van der Waals surface area contributed by atoms with Gasteiger partial charge in [0.15, 0.2) is 0 Å². The maximum Gasteiger partial charge on any atom is 0.408 e. The van der Waals surface area contributed by atoms with E-state index < -0.39 is 52.1 Å². The van der Waals surface area contributed by atoms with Gasteiger partial charge in [-0.1, -0.05) is 109 Å². The van der Waals surface area contributed by atoms with Crippen LogP contribution in [0.15, 0.2) is 134 Å². The zero-order valence-electron chi connectivity index (χ0n) is 38.7. The Morgan fingerprint density at radius 3 is 1.65 bits per heavy atom. The lowest BCUT2D eigenvalue weighted by molar-refractivity contribution is -0.131. The Labute approximate surface area is 400 Å². The van der Waals surface area contributed by atoms with Gasteiger partial charge in [0.2, 0.25) is 5.91 Å². The molecule has 1 saturated heterocycles. The molecule has 1 fully saturated rings. The molecule has 15 nitrogen and oxygen atoms in total. The van der Waals surface area contributed by atoms with E-state index in [2.05, 4.69) is 26.3 Å². The van der Waals surface area contributed by atoms with Crippen LogP contribution in [0, 0.1) is 0 Å². The first kappa shape index (κ1) is 50.0. The van der Waals surface area contributed by atoms with Crippen molar-refractivity contribution in [1.82, 2.24) is 31.2 Å². The molecule has 4 aromatic carbocycles. The standard InChI is InChI=1S/C52H56N6O9S/c1-50(2,41-20-16-38(17-21-41)36-12-8-6-9-13-36)66-48(63)56-29-28-54-46(61)40-26-27-53-43(32-40)24-25-45(60)58-35-68-52(5,44(58)33-59)34-65-47(62)55-30-31-57-49(64)67-51(3,4)42-22-18-39(19-23-42)37-14-10-7-11-15-37/h6-27,32-33,44H,28-31,34-35H2,1-5H3,(H,54,61)(H,55,62)(H,56,63)(H,57,64)/b25-24+/t44-,52-/m0/s1. The SMILES string of the molecule is CC(C)(OC(=O)NCCNC(=O)OC[C@]1(C)SCN(C(=O)/C=C/c2cc(C(=O)NCCNC(=O)OC(C)(C)c3ccc(-c4ccccc4)cc3)ccn2)[C@H]1C=O)c1ccc(-c2ccccc2)cc1. The van der Waals surface area contributed by atoms with Crippen molar-refractivity contribution in [3.8, 4) is 22.3 Å². The minimum Gasteiger partial charge on any atom is -0.448 e. The van der Waals surface area contributed by atoms with Crippen molar-refractivity contribution < 1.29 is 43.0 Å². The number of nitrogens with one attached hydrogen (secondary N) is 4. The van der Waals surface area contributed by atoms with Gasteiger partial charge in [-0.25, -0.2) is 14.4 Å². The van der Waals surface area contributed by atoms with Crippen LogP contribution in [0.5, 0.6) is 0 Å². The van der Waals surface area contributed by atoms with Crippen LogP contribution in [0.4, 0.5) is 14.4 Å². The average molecular weight is 941 g/mol. The van der Waals surface area contributed by atoms with Gasteiger partial charge < -0.3 is 45.2 Å². The number of aldehydes is 1. The zero-order valence-corrected chi connectivity index (χ0v) is 39.5. The number of ether oxygens (including phenoxy) is 3. The molecule has 68 heavy (non-hydrogen) atoms. The van der Waals surface area contributed by atoms with E-state index in [1.54, 1.807) is 34.6 Å². The van der Waals surface area contributed by atoms with Gasteiger partial charge in [0.25, 0.3) is 5.91 Å². The quantitative estimate of drug-likeness (QED) is 0.0287. The van der Waals surface area contributed by atoms with E-state index in [1.165, 1.54) is 47.1 Å². The normalized spacial score (nSPS) is 15.8. The minimum atomic E-state index is -0.942. The summed E-state index contributed by atoms with van der Waals surface area (Å²) in [7, 11) is 0. The Morgan fingerprint density at radius 2 is 1.15 bits per heavy atom. The number of amides is 5. The van der Waals surface area contributed by atoms with Gasteiger partial charge >= 0.3 is 18.3 Å². The summed E-state index contributed by atoms with van der Waals surface area (Å²) in [4.78, 5) is 82.0. The summed E-state index contributed by atoms with van der Waals surface area (Å²) >= 11 is 1.29. The summed E-state index contributed by atoms with van der Waals surface area (Å²) in [6, 6.07) is 37.6. The molecule has 16 heteroatoms. The molecule has 0 radical (unpaired) electrons. The van der Waals surface area contributed by atoms with Crippen molar-refractivity contribution in [2.45, 2.75) is 56.6 Å². The van der Waals surface area contributed by atoms with E-state index in [1.807, 2.05) is 109 Å². The first-order valence-electron chi connectivity index (χ1n) is 22.1. The molecule has 1 aliphatic heterocycles. The Morgan fingerprint density at radius 1 is 0.676 bits per heavy atom. The molecule has 1 aliphatic rings. The molecule has 6 rings (SSSR count). The molecule has 2 atom stereocenters. The number of aromatic nitrogens is 1. The Bertz CT molecular complexity index is 2570. The molecule has 4 N–H and O–H groups in total. The molecule has 5 amide bonds. The molecule has 0 aliphatic carbocycles. The van der Waals surface area contributed by atoms with Crippen LogP contribution in [-0.2, 0) is 35.0 Å². The Balaban J connectivity index is 0.882. The fourth-order valence-corrected chi connectivity index (χ4v) is 8.48. The van der Waals surface area contributed by atoms with Crippen molar-refractivity contribution in [2.24, 2.45) is 0 Å². The van der Waals surface area contributed by atoms with Crippen LogP contribution in [0.25, 0.3) is 28.3 Å². The third kappa shape index (κ3) is 13.6. The van der Waals surface area contributed by atoms with Crippen LogP contribution < -0.4 is 21.3 Å². The van der Waals surface area contributed by atoms with Crippen molar-refractivity contribution in [3.63, 3.8) is 0 Å². The topological polar surface area (TPSA) is 194 Å². The first-order chi connectivity index (χ1) is 32.6. The molecule has 0 bridgehead atoms. The number of thioether (sulfide) groups is 1. The number of carbonyl (C=O) groups excluding carboxylic acids is 6. The second-order valence-electron chi connectivity index (χ2n) is 17.1. The lowest BCUT2D eigenvalue weighted by Gasteiger charge is -2.29. The summed E-state index contributed by atoms with van der Waals surface area (Å²) in [5.74, 6) is -0.737. The van der Waals surface area contributed by atoms with E-state index in [4.69, 9.17) is 14.2 Å². The van der Waals surface area contributed by atoms with Crippen LogP contribution in [0.1, 0.15) is 61.8 Å². The van der Waals surface area contributed by atoms with E-state index in [0.29, 0.717) is 12.0 Å². The smallest absolute Gasteiger partial charge is 0.408 e. The maximum absolute atomic E-state index is 13.3. The number of hydrogen-bond acceptors (Lipinski definition) is 11. The highest BCUT2D eigenvalue weighted by Gasteiger charge is 2.47. The van der Waals surface area contributed by atoms with Crippen LogP contribution in [-0.4, -0.2) is 95.7 Å². The van der Waals surface area contributed by atoms with Gasteiger partial charge in [-0.05, 0) is 86.2 Å². The molecule has 2 heterocycles.